The molecule has 1 aliphatic rings. The molecule has 0 amide bonds. The lowest BCUT2D eigenvalue weighted by molar-refractivity contribution is 0.00466. The summed E-state index contributed by atoms with van der Waals surface area (Å²) in [5.41, 5.74) is 1.94. The molecule has 2 heterocycles. The second-order valence-corrected chi connectivity index (χ2v) is 6.57. The van der Waals surface area contributed by atoms with Crippen molar-refractivity contribution in [3.63, 3.8) is 0 Å². The molecular weight excluding hydrogens is 342 g/mol. The van der Waals surface area contributed by atoms with Crippen molar-refractivity contribution in [3.8, 4) is 16.9 Å². The van der Waals surface area contributed by atoms with E-state index in [1.54, 1.807) is 6.07 Å². The minimum absolute atomic E-state index is 0.228. The van der Waals surface area contributed by atoms with Gasteiger partial charge in [-0.25, -0.2) is 0 Å². The molecule has 1 unspecified atom stereocenters. The van der Waals surface area contributed by atoms with Gasteiger partial charge >= 0.3 is 0 Å². The number of hydrogen-bond acceptors (Lipinski definition) is 5. The summed E-state index contributed by atoms with van der Waals surface area (Å²) in [6, 6.07) is 5.57. The first kappa shape index (κ1) is 18.2. The second-order valence-electron chi connectivity index (χ2n) is 6.14. The lowest BCUT2D eigenvalue weighted by Gasteiger charge is -2.28. The van der Waals surface area contributed by atoms with Crippen LogP contribution in [-0.2, 0) is 11.3 Å². The maximum atomic E-state index is 10.2. The predicted octanol–water partition coefficient (Wildman–Crippen LogP) is 2.30. The normalized spacial score (nSPS) is 16.8. The van der Waals surface area contributed by atoms with E-state index in [1.165, 1.54) is 0 Å². The number of aliphatic hydroxyl groups is 1. The van der Waals surface area contributed by atoms with Gasteiger partial charge in [0.2, 0.25) is 0 Å². The lowest BCUT2D eigenvalue weighted by Crippen LogP contribution is -2.42. The van der Waals surface area contributed by atoms with Gasteiger partial charge in [0.25, 0.3) is 0 Å². The van der Waals surface area contributed by atoms with E-state index < -0.39 is 6.10 Å². The maximum Gasteiger partial charge on any atom is 0.121 e. The predicted molar refractivity (Wildman–Crippen MR) is 97.1 cm³/mol. The molecule has 1 N–H and O–H groups in total. The molecule has 1 aliphatic heterocycles. The van der Waals surface area contributed by atoms with E-state index in [-0.39, 0.29) is 6.61 Å². The van der Waals surface area contributed by atoms with Crippen LogP contribution in [-0.4, -0.2) is 65.3 Å². The van der Waals surface area contributed by atoms with Gasteiger partial charge in [-0.15, -0.1) is 0 Å². The van der Waals surface area contributed by atoms with Crippen molar-refractivity contribution < 1.29 is 14.6 Å². The van der Waals surface area contributed by atoms with Crippen LogP contribution in [0.3, 0.4) is 0 Å². The molecule has 7 heteroatoms. The molecule has 0 radical (unpaired) electrons. The van der Waals surface area contributed by atoms with Crippen LogP contribution < -0.4 is 4.74 Å². The van der Waals surface area contributed by atoms with Crippen LogP contribution in [0.5, 0.6) is 5.75 Å². The minimum atomic E-state index is -0.552. The molecule has 0 bridgehead atoms. The highest BCUT2D eigenvalue weighted by Gasteiger charge is 2.15. The fourth-order valence-corrected chi connectivity index (χ4v) is 3.05. The zero-order valence-corrected chi connectivity index (χ0v) is 15.2. The van der Waals surface area contributed by atoms with E-state index in [1.807, 2.05) is 36.1 Å². The highest BCUT2D eigenvalue weighted by atomic mass is 35.5. The van der Waals surface area contributed by atoms with Crippen LogP contribution in [0.4, 0.5) is 0 Å². The molecular formula is C18H24ClN3O3. The van der Waals surface area contributed by atoms with Crippen molar-refractivity contribution in [2.24, 2.45) is 0 Å². The molecule has 136 valence electrons. The Morgan fingerprint density at radius 1 is 1.28 bits per heavy atom. The number of hydrogen-bond donors (Lipinski definition) is 1. The first-order valence-electron chi connectivity index (χ1n) is 8.58. The third kappa shape index (κ3) is 5.19. The number of halogens is 1. The van der Waals surface area contributed by atoms with E-state index in [2.05, 4.69) is 10.00 Å². The summed E-state index contributed by atoms with van der Waals surface area (Å²) in [5.74, 6) is 0.646. The number of rotatable bonds is 7. The number of aryl methyl sites for hydroxylation is 1. The summed E-state index contributed by atoms with van der Waals surface area (Å²) in [4.78, 5) is 2.18. The van der Waals surface area contributed by atoms with Gasteiger partial charge in [-0.05, 0) is 30.7 Å². The number of morpholine rings is 1. The first-order valence-corrected chi connectivity index (χ1v) is 8.96. The van der Waals surface area contributed by atoms with Gasteiger partial charge < -0.3 is 14.6 Å². The number of aliphatic hydroxyl groups excluding tert-OH is 1. The summed E-state index contributed by atoms with van der Waals surface area (Å²) in [6.07, 6.45) is 3.23. The molecule has 1 saturated heterocycles. The van der Waals surface area contributed by atoms with E-state index in [4.69, 9.17) is 21.1 Å². The number of benzene rings is 1. The van der Waals surface area contributed by atoms with Gasteiger partial charge in [-0.2, -0.15) is 5.10 Å². The summed E-state index contributed by atoms with van der Waals surface area (Å²) in [7, 11) is 0. The molecule has 1 aromatic carbocycles. The second kappa shape index (κ2) is 8.67. The Kier molecular flexibility index (Phi) is 6.31. The number of ether oxygens (including phenoxy) is 2. The molecule has 1 fully saturated rings. The minimum Gasteiger partial charge on any atom is -0.491 e. The van der Waals surface area contributed by atoms with Crippen molar-refractivity contribution in [3.05, 3.63) is 35.6 Å². The molecule has 25 heavy (non-hydrogen) atoms. The van der Waals surface area contributed by atoms with Crippen LogP contribution in [0.15, 0.2) is 30.6 Å². The van der Waals surface area contributed by atoms with E-state index >= 15 is 0 Å². The fourth-order valence-electron chi connectivity index (χ4n) is 2.83. The Morgan fingerprint density at radius 2 is 2.08 bits per heavy atom. The number of nitrogens with zero attached hydrogens (tertiary/aromatic N) is 3. The number of β-amino-alcohol motifs (C(OH)–C–C–N with tert-alkyl or cyclic N) is 1. The van der Waals surface area contributed by atoms with Crippen molar-refractivity contribution in [2.75, 3.05) is 39.5 Å². The van der Waals surface area contributed by atoms with Gasteiger partial charge in [-0.3, -0.25) is 9.58 Å². The zero-order chi connectivity index (χ0) is 17.6. The van der Waals surface area contributed by atoms with Gasteiger partial charge in [0.05, 0.1) is 19.4 Å². The topological polar surface area (TPSA) is 59.8 Å². The fraction of sp³-hybridized carbons (Fsp3) is 0.500. The van der Waals surface area contributed by atoms with Gasteiger partial charge in [0.15, 0.2) is 0 Å². The third-order valence-corrected chi connectivity index (χ3v) is 4.40. The summed E-state index contributed by atoms with van der Waals surface area (Å²) >= 11 is 6.22. The summed E-state index contributed by atoms with van der Waals surface area (Å²) < 4.78 is 12.9. The van der Waals surface area contributed by atoms with Gasteiger partial charge in [0.1, 0.15) is 18.5 Å². The molecule has 2 aromatic rings. The average Bonchev–Trinajstić information content (AvgIpc) is 3.10. The molecule has 0 spiro atoms. The monoisotopic (exact) mass is 365 g/mol. The summed E-state index contributed by atoms with van der Waals surface area (Å²) in [5, 5.41) is 15.1. The molecule has 0 aliphatic carbocycles. The lowest BCUT2D eigenvalue weighted by atomic mass is 10.1. The van der Waals surface area contributed by atoms with E-state index in [9.17, 15) is 5.11 Å². The van der Waals surface area contributed by atoms with Crippen molar-refractivity contribution in [2.45, 2.75) is 19.6 Å². The molecule has 1 aromatic heterocycles. The Bertz CT molecular complexity index is 686. The highest BCUT2D eigenvalue weighted by molar-refractivity contribution is 6.31. The third-order valence-electron chi connectivity index (χ3n) is 4.18. The quantitative estimate of drug-likeness (QED) is 0.815. The van der Waals surface area contributed by atoms with Crippen molar-refractivity contribution >= 4 is 11.6 Å². The molecule has 0 saturated carbocycles. The Hall–Kier alpha value is -1.60. The average molecular weight is 366 g/mol. The Labute approximate surface area is 152 Å². The SMILES string of the molecule is CCn1cc(-c2cc(Cl)cc(OCC(O)CN3CCOCC3)c2)cn1. The van der Waals surface area contributed by atoms with Crippen LogP contribution >= 0.6 is 11.6 Å². The van der Waals surface area contributed by atoms with E-state index in [0.29, 0.717) is 17.3 Å². The summed E-state index contributed by atoms with van der Waals surface area (Å²) in [6.45, 7) is 6.80. The van der Waals surface area contributed by atoms with Crippen molar-refractivity contribution in [1.29, 1.82) is 0 Å². The Balaban J connectivity index is 1.60. The van der Waals surface area contributed by atoms with Gasteiger partial charge in [-0.1, -0.05) is 11.6 Å². The van der Waals surface area contributed by atoms with Crippen molar-refractivity contribution in [1.82, 2.24) is 14.7 Å². The Morgan fingerprint density at radius 3 is 2.80 bits per heavy atom. The van der Waals surface area contributed by atoms with Crippen LogP contribution in [0, 0.1) is 0 Å². The molecule has 3 rings (SSSR count). The highest BCUT2D eigenvalue weighted by Crippen LogP contribution is 2.28. The standard InChI is InChI=1S/C18H24ClN3O3/c1-2-22-11-15(10-20-22)14-7-16(19)9-18(8-14)25-13-17(23)12-21-3-5-24-6-4-21/h7-11,17,23H,2-6,12-13H2,1H3. The van der Waals surface area contributed by atoms with E-state index in [0.717, 1.165) is 44.0 Å². The largest absolute Gasteiger partial charge is 0.491 e. The number of aromatic nitrogens is 2. The maximum absolute atomic E-state index is 10.2. The van der Waals surface area contributed by atoms with Crippen LogP contribution in [0.25, 0.3) is 11.1 Å². The van der Waals surface area contributed by atoms with Crippen LogP contribution in [0.1, 0.15) is 6.92 Å². The zero-order valence-electron chi connectivity index (χ0n) is 14.4. The van der Waals surface area contributed by atoms with Crippen LogP contribution in [0.2, 0.25) is 5.02 Å². The first-order chi connectivity index (χ1) is 12.1. The smallest absolute Gasteiger partial charge is 0.121 e. The molecule has 1 atom stereocenters. The molecule has 6 nitrogen and oxygen atoms in total. The van der Waals surface area contributed by atoms with Gasteiger partial charge in [0, 0.05) is 43.0 Å².